The highest BCUT2D eigenvalue weighted by Gasteiger charge is 2.34. The molecule has 1 heterocycles. The molecule has 1 aliphatic carbocycles. The van der Waals surface area contributed by atoms with Gasteiger partial charge in [-0.3, -0.25) is 0 Å². The molecule has 4 nitrogen and oxygen atoms in total. The Morgan fingerprint density at radius 2 is 1.77 bits per heavy atom. The lowest BCUT2D eigenvalue weighted by Crippen LogP contribution is -2.36. The van der Waals surface area contributed by atoms with E-state index >= 15 is 0 Å². The van der Waals surface area contributed by atoms with E-state index in [2.05, 4.69) is 5.32 Å². The molecule has 2 aliphatic rings. The van der Waals surface area contributed by atoms with Gasteiger partial charge in [0.1, 0.15) is 0 Å². The molecule has 3 N–H and O–H groups in total. The second-order valence-corrected chi connectivity index (χ2v) is 6.04. The molecule has 2 aromatic rings. The predicted octanol–water partition coefficient (Wildman–Crippen LogP) is 3.53. The Balaban J connectivity index is 1.75. The van der Waals surface area contributed by atoms with Gasteiger partial charge in [0.25, 0.3) is 0 Å². The molecule has 4 rings (SSSR count). The third-order valence-electron chi connectivity index (χ3n) is 4.65. The molecule has 1 aliphatic heterocycles. The molecule has 0 spiro atoms. The maximum Gasteiger partial charge on any atom is 0.151 e. The largest absolute Gasteiger partial charge is 0.453 e. The van der Waals surface area contributed by atoms with E-state index in [1.807, 2.05) is 42.5 Å². The quantitative estimate of drug-likeness (QED) is 0.643. The monoisotopic (exact) mass is 297 g/mol. The molecular formula is C18H19NO3. The van der Waals surface area contributed by atoms with Crippen molar-refractivity contribution in [3.63, 3.8) is 0 Å². The number of para-hydroxylation sites is 3. The van der Waals surface area contributed by atoms with Crippen molar-refractivity contribution in [1.82, 2.24) is 0 Å². The van der Waals surface area contributed by atoms with Crippen LogP contribution in [0.15, 0.2) is 42.5 Å². The normalized spacial score (nSPS) is 26.4. The molecule has 4 heteroatoms. The summed E-state index contributed by atoms with van der Waals surface area (Å²) in [5.41, 5.74) is 2.84. The zero-order chi connectivity index (χ0) is 15.1. The Morgan fingerprint density at radius 1 is 0.955 bits per heavy atom. The summed E-state index contributed by atoms with van der Waals surface area (Å²) in [6.07, 6.45) is 1.09. The van der Waals surface area contributed by atoms with Crippen LogP contribution in [0.4, 0.5) is 11.4 Å². The number of fused-ring (bicyclic) bond motifs is 2. The summed E-state index contributed by atoms with van der Waals surface area (Å²) in [6, 6.07) is 13.7. The fourth-order valence-corrected chi connectivity index (χ4v) is 3.48. The summed E-state index contributed by atoms with van der Waals surface area (Å²) < 4.78 is 5.96. The Bertz CT molecular complexity index is 700. The standard InChI is InChI=1S/C18H19NO3/c20-14-8-3-6-12(18(14)21)11-5-4-10-16-17(11)19-13-7-1-2-9-15(13)22-16/h1-2,4-5,7,9-10,12,14,18-21H,3,6,8H2/t12-,14-,18+/m0/s1. The Labute approximate surface area is 129 Å². The second kappa shape index (κ2) is 5.30. The van der Waals surface area contributed by atoms with Crippen LogP contribution in [0.2, 0.25) is 0 Å². The molecule has 0 unspecified atom stereocenters. The van der Waals surface area contributed by atoms with Gasteiger partial charge in [0.2, 0.25) is 0 Å². The van der Waals surface area contributed by atoms with Crippen LogP contribution in [0.1, 0.15) is 30.7 Å². The SMILES string of the molecule is O[C@H]1[C@@H](O)CCC[C@H]1c1cccc2c1Nc1ccccc1O2. The van der Waals surface area contributed by atoms with Crippen molar-refractivity contribution in [1.29, 1.82) is 0 Å². The minimum atomic E-state index is -0.723. The smallest absolute Gasteiger partial charge is 0.151 e. The third kappa shape index (κ3) is 2.16. The lowest BCUT2D eigenvalue weighted by molar-refractivity contribution is -0.0225. The molecule has 0 aromatic heterocycles. The number of ether oxygens (including phenoxy) is 1. The molecule has 1 saturated carbocycles. The zero-order valence-electron chi connectivity index (χ0n) is 12.2. The Kier molecular flexibility index (Phi) is 3.28. The van der Waals surface area contributed by atoms with E-state index in [0.717, 1.165) is 41.3 Å². The van der Waals surface area contributed by atoms with Gasteiger partial charge in [-0.2, -0.15) is 0 Å². The summed E-state index contributed by atoms with van der Waals surface area (Å²) in [7, 11) is 0. The summed E-state index contributed by atoms with van der Waals surface area (Å²) in [5, 5.41) is 23.8. The minimum absolute atomic E-state index is 0.0694. The van der Waals surface area contributed by atoms with Crippen molar-refractivity contribution < 1.29 is 14.9 Å². The number of benzene rings is 2. The van der Waals surface area contributed by atoms with Gasteiger partial charge in [-0.05, 0) is 36.6 Å². The van der Waals surface area contributed by atoms with E-state index in [1.54, 1.807) is 0 Å². The molecule has 0 radical (unpaired) electrons. The van der Waals surface area contributed by atoms with Crippen molar-refractivity contribution >= 4 is 11.4 Å². The van der Waals surface area contributed by atoms with Gasteiger partial charge >= 0.3 is 0 Å². The first-order valence-corrected chi connectivity index (χ1v) is 7.77. The molecule has 1 fully saturated rings. The van der Waals surface area contributed by atoms with Gasteiger partial charge in [-0.1, -0.05) is 30.7 Å². The number of rotatable bonds is 1. The van der Waals surface area contributed by atoms with Crippen molar-refractivity contribution in [3.05, 3.63) is 48.0 Å². The highest BCUT2D eigenvalue weighted by Crippen LogP contribution is 2.47. The molecule has 0 bridgehead atoms. The number of hydrogen-bond donors (Lipinski definition) is 3. The fraction of sp³-hybridized carbons (Fsp3) is 0.333. The van der Waals surface area contributed by atoms with Crippen LogP contribution in [-0.4, -0.2) is 22.4 Å². The first-order valence-electron chi connectivity index (χ1n) is 7.77. The lowest BCUT2D eigenvalue weighted by atomic mass is 9.79. The predicted molar refractivity (Wildman–Crippen MR) is 84.8 cm³/mol. The topological polar surface area (TPSA) is 61.7 Å². The summed E-state index contributed by atoms with van der Waals surface area (Å²) >= 11 is 0. The highest BCUT2D eigenvalue weighted by molar-refractivity contribution is 5.78. The van der Waals surface area contributed by atoms with Crippen molar-refractivity contribution in [2.75, 3.05) is 5.32 Å². The van der Waals surface area contributed by atoms with Crippen LogP contribution in [-0.2, 0) is 0 Å². The second-order valence-electron chi connectivity index (χ2n) is 6.04. The molecule has 22 heavy (non-hydrogen) atoms. The van der Waals surface area contributed by atoms with Crippen LogP contribution in [0.3, 0.4) is 0 Å². The van der Waals surface area contributed by atoms with E-state index in [1.165, 1.54) is 0 Å². The maximum absolute atomic E-state index is 10.4. The summed E-state index contributed by atoms with van der Waals surface area (Å²) in [5.74, 6) is 1.50. The number of aliphatic hydroxyl groups excluding tert-OH is 2. The van der Waals surface area contributed by atoms with E-state index < -0.39 is 12.2 Å². The van der Waals surface area contributed by atoms with Gasteiger partial charge in [0.05, 0.1) is 23.6 Å². The number of hydrogen-bond acceptors (Lipinski definition) is 4. The van der Waals surface area contributed by atoms with Crippen molar-refractivity contribution in [2.45, 2.75) is 37.4 Å². The van der Waals surface area contributed by atoms with Crippen molar-refractivity contribution in [2.24, 2.45) is 0 Å². The van der Waals surface area contributed by atoms with Crippen LogP contribution in [0, 0.1) is 0 Å². The van der Waals surface area contributed by atoms with Crippen LogP contribution in [0.25, 0.3) is 0 Å². The lowest BCUT2D eigenvalue weighted by Gasteiger charge is -2.34. The van der Waals surface area contributed by atoms with Gasteiger partial charge in [-0.25, -0.2) is 0 Å². The minimum Gasteiger partial charge on any atom is -0.453 e. The zero-order valence-corrected chi connectivity index (χ0v) is 12.2. The van der Waals surface area contributed by atoms with E-state index in [9.17, 15) is 10.2 Å². The van der Waals surface area contributed by atoms with Crippen LogP contribution >= 0.6 is 0 Å². The maximum atomic E-state index is 10.4. The van der Waals surface area contributed by atoms with Gasteiger partial charge in [0, 0.05) is 5.92 Å². The highest BCUT2D eigenvalue weighted by atomic mass is 16.5. The third-order valence-corrected chi connectivity index (χ3v) is 4.65. The first-order chi connectivity index (χ1) is 10.7. The van der Waals surface area contributed by atoms with Crippen LogP contribution < -0.4 is 10.1 Å². The average Bonchev–Trinajstić information content (AvgIpc) is 2.55. The Morgan fingerprint density at radius 3 is 2.68 bits per heavy atom. The number of anilines is 2. The van der Waals surface area contributed by atoms with E-state index in [4.69, 9.17) is 4.74 Å². The Hall–Kier alpha value is -2.04. The van der Waals surface area contributed by atoms with Crippen LogP contribution in [0.5, 0.6) is 11.5 Å². The van der Waals surface area contributed by atoms with E-state index in [0.29, 0.717) is 6.42 Å². The van der Waals surface area contributed by atoms with Gasteiger partial charge in [0.15, 0.2) is 11.5 Å². The molecule has 2 aromatic carbocycles. The molecule has 3 atom stereocenters. The van der Waals surface area contributed by atoms with Gasteiger partial charge in [-0.15, -0.1) is 0 Å². The summed E-state index contributed by atoms with van der Waals surface area (Å²) in [4.78, 5) is 0. The molecule has 114 valence electrons. The number of aliphatic hydroxyl groups is 2. The first kappa shape index (κ1) is 13.6. The molecule has 0 saturated heterocycles. The van der Waals surface area contributed by atoms with Gasteiger partial charge < -0.3 is 20.3 Å². The molecule has 0 amide bonds. The average molecular weight is 297 g/mol. The number of nitrogens with one attached hydrogen (secondary N) is 1. The van der Waals surface area contributed by atoms with E-state index in [-0.39, 0.29) is 5.92 Å². The fourth-order valence-electron chi connectivity index (χ4n) is 3.48. The molecular weight excluding hydrogens is 278 g/mol. The van der Waals surface area contributed by atoms with Crippen molar-refractivity contribution in [3.8, 4) is 11.5 Å². The summed E-state index contributed by atoms with van der Waals surface area (Å²) in [6.45, 7) is 0.